The van der Waals surface area contributed by atoms with Crippen LogP contribution in [0.15, 0.2) is 225 Å². The lowest BCUT2D eigenvalue weighted by Crippen LogP contribution is -2.11. The number of para-hydroxylation sites is 1. The predicted octanol–water partition coefficient (Wildman–Crippen LogP) is 17.5. The fraction of sp³-hybridized carbons (Fsp3) is 0.0169. The van der Waals surface area contributed by atoms with E-state index in [-0.39, 0.29) is 0 Å². The molecule has 2 heteroatoms. The van der Waals surface area contributed by atoms with E-state index >= 15 is 0 Å². The maximum atomic E-state index is 4.00. The summed E-state index contributed by atoms with van der Waals surface area (Å²) in [6.45, 7) is 6.05. The van der Waals surface area contributed by atoms with E-state index in [1.54, 1.807) is 0 Å². The van der Waals surface area contributed by atoms with Crippen molar-refractivity contribution < 1.29 is 0 Å². The lowest BCUT2D eigenvalue weighted by atomic mass is 9.95. The smallest absolute Gasteiger partial charge is 0.0540 e. The van der Waals surface area contributed by atoms with Gasteiger partial charge in [0.25, 0.3) is 0 Å². The van der Waals surface area contributed by atoms with Crippen molar-refractivity contribution in [2.75, 3.05) is 4.90 Å². The van der Waals surface area contributed by atoms with Gasteiger partial charge in [-0.15, -0.1) is 11.3 Å². The largest absolute Gasteiger partial charge is 0.310 e. The number of anilines is 3. The lowest BCUT2D eigenvalue weighted by Gasteiger charge is -2.28. The summed E-state index contributed by atoms with van der Waals surface area (Å²) in [4.78, 5) is 2.38. The molecule has 0 unspecified atom stereocenters. The normalized spacial score (nSPS) is 11.4. The average Bonchev–Trinajstić information content (AvgIpc) is 3.71. The molecule has 0 spiro atoms. The van der Waals surface area contributed by atoms with Gasteiger partial charge < -0.3 is 4.90 Å². The van der Waals surface area contributed by atoms with E-state index in [2.05, 4.69) is 236 Å². The van der Waals surface area contributed by atoms with Crippen LogP contribution in [-0.2, 0) is 0 Å². The van der Waals surface area contributed by atoms with Gasteiger partial charge in [-0.25, -0.2) is 0 Å². The van der Waals surface area contributed by atoms with E-state index in [9.17, 15) is 0 Å². The maximum absolute atomic E-state index is 4.00. The molecule has 1 heterocycles. The number of fused-ring (bicyclic) bond motifs is 3. The van der Waals surface area contributed by atoms with Crippen LogP contribution in [0.1, 0.15) is 18.1 Å². The Morgan fingerprint density at radius 1 is 0.393 bits per heavy atom. The van der Waals surface area contributed by atoms with Crippen molar-refractivity contribution >= 4 is 60.7 Å². The molecule has 0 aliphatic rings. The van der Waals surface area contributed by atoms with Crippen LogP contribution in [0.5, 0.6) is 0 Å². The zero-order valence-electron chi connectivity index (χ0n) is 34.0. The van der Waals surface area contributed by atoms with Gasteiger partial charge in [-0.1, -0.05) is 176 Å². The molecule has 1 nitrogen and oxygen atoms in total. The van der Waals surface area contributed by atoms with Gasteiger partial charge in [-0.05, 0) is 129 Å². The van der Waals surface area contributed by atoms with E-state index in [4.69, 9.17) is 0 Å². The van der Waals surface area contributed by atoms with Gasteiger partial charge in [0.2, 0.25) is 0 Å². The second-order valence-corrected chi connectivity index (χ2v) is 16.4. The molecular weight excluding hydrogens is 755 g/mol. The summed E-state index contributed by atoms with van der Waals surface area (Å²) >= 11 is 1.86. The molecule has 0 fully saturated rings. The van der Waals surface area contributed by atoms with Crippen LogP contribution in [0.2, 0.25) is 0 Å². The molecule has 290 valence electrons. The average molecular weight is 798 g/mol. The van der Waals surface area contributed by atoms with Crippen molar-refractivity contribution in [3.63, 3.8) is 0 Å². The molecule has 0 saturated heterocycles. The topological polar surface area (TPSA) is 3.24 Å². The third-order valence-electron chi connectivity index (χ3n) is 11.6. The SMILES string of the molecule is C=Cc1ccc(-c2cccc(-c3ccc(-c4ccc(N(c5ccc(-c6ccc7sc8ccccc8c7c6)cc5)c5ccccc5-c5ccccc5)cc4)cc3)c2)cc1/C=C\C. The Hall–Kier alpha value is -7.52. The second kappa shape index (κ2) is 16.6. The standard InChI is InChI=1S/C59H43NS/c1-3-13-47-38-50(27-22-41(47)4-2)49-17-12-16-48(39-49)44-25-23-42(24-26-44)43-28-33-52(34-29-43)60(57-20-10-8-18-54(57)46-14-6-5-7-15-46)53-35-30-45(31-36-53)51-32-37-59-56(40-51)55-19-9-11-21-58(55)61-59/h3-40H,2H2,1H3/b13-3-. The Kier molecular flexibility index (Phi) is 10.3. The van der Waals surface area contributed by atoms with Gasteiger partial charge in [0, 0.05) is 37.1 Å². The van der Waals surface area contributed by atoms with Crippen molar-refractivity contribution in [2.45, 2.75) is 6.92 Å². The summed E-state index contributed by atoms with van der Waals surface area (Å²) in [7, 11) is 0. The minimum atomic E-state index is 1.10. The fourth-order valence-electron chi connectivity index (χ4n) is 8.47. The highest BCUT2D eigenvalue weighted by Gasteiger charge is 2.18. The molecule has 0 saturated carbocycles. The maximum Gasteiger partial charge on any atom is 0.0540 e. The van der Waals surface area contributed by atoms with E-state index in [1.807, 2.05) is 24.3 Å². The fourth-order valence-corrected chi connectivity index (χ4v) is 9.55. The molecule has 0 bridgehead atoms. The third-order valence-corrected chi connectivity index (χ3v) is 12.7. The number of hydrogen-bond acceptors (Lipinski definition) is 2. The van der Waals surface area contributed by atoms with Crippen LogP contribution in [0, 0.1) is 0 Å². The van der Waals surface area contributed by atoms with E-state index < -0.39 is 0 Å². The second-order valence-electron chi connectivity index (χ2n) is 15.3. The molecule has 9 aromatic carbocycles. The highest BCUT2D eigenvalue weighted by atomic mass is 32.1. The van der Waals surface area contributed by atoms with E-state index in [1.165, 1.54) is 81.4 Å². The highest BCUT2D eigenvalue weighted by molar-refractivity contribution is 7.25. The predicted molar refractivity (Wildman–Crippen MR) is 266 cm³/mol. The van der Waals surface area contributed by atoms with Gasteiger partial charge in [-0.2, -0.15) is 0 Å². The van der Waals surface area contributed by atoms with Crippen LogP contribution in [-0.4, -0.2) is 0 Å². The van der Waals surface area contributed by atoms with Crippen molar-refractivity contribution in [3.8, 4) is 55.6 Å². The zero-order chi connectivity index (χ0) is 41.1. The number of thiophene rings is 1. The number of benzene rings is 9. The van der Waals surface area contributed by atoms with Gasteiger partial charge in [0.05, 0.1) is 5.69 Å². The Balaban J connectivity index is 0.967. The Morgan fingerprint density at radius 2 is 0.902 bits per heavy atom. The minimum absolute atomic E-state index is 1.10. The molecule has 1 aromatic heterocycles. The van der Waals surface area contributed by atoms with Crippen LogP contribution < -0.4 is 4.90 Å². The number of rotatable bonds is 10. The molecule has 0 atom stereocenters. The molecule has 10 rings (SSSR count). The molecule has 10 aromatic rings. The van der Waals surface area contributed by atoms with Gasteiger partial charge in [0.1, 0.15) is 0 Å². The summed E-state index contributed by atoms with van der Waals surface area (Å²) in [5, 5.41) is 2.63. The summed E-state index contributed by atoms with van der Waals surface area (Å²) in [5.74, 6) is 0. The monoisotopic (exact) mass is 797 g/mol. The quantitative estimate of drug-likeness (QED) is 0.133. The number of hydrogen-bond donors (Lipinski definition) is 0. The van der Waals surface area contributed by atoms with Crippen LogP contribution in [0.4, 0.5) is 17.1 Å². The first-order valence-corrected chi connectivity index (χ1v) is 21.6. The summed E-state index contributed by atoms with van der Waals surface area (Å²) in [5.41, 5.74) is 17.5. The summed E-state index contributed by atoms with van der Waals surface area (Å²) in [6, 6.07) is 77.3. The van der Waals surface area contributed by atoms with E-state index in [0.29, 0.717) is 0 Å². The first-order valence-electron chi connectivity index (χ1n) is 20.8. The summed E-state index contributed by atoms with van der Waals surface area (Å²) < 4.78 is 2.65. The van der Waals surface area contributed by atoms with Crippen LogP contribution in [0.25, 0.3) is 88.0 Å². The molecule has 0 amide bonds. The van der Waals surface area contributed by atoms with Gasteiger partial charge in [0.15, 0.2) is 0 Å². The van der Waals surface area contributed by atoms with Gasteiger partial charge in [-0.3, -0.25) is 0 Å². The van der Waals surface area contributed by atoms with Crippen LogP contribution >= 0.6 is 11.3 Å². The molecular formula is C59H43NS. The molecule has 61 heavy (non-hydrogen) atoms. The van der Waals surface area contributed by atoms with Crippen molar-refractivity contribution in [2.24, 2.45) is 0 Å². The number of allylic oxidation sites excluding steroid dienone is 1. The molecule has 0 aliphatic carbocycles. The van der Waals surface area contributed by atoms with E-state index in [0.717, 1.165) is 22.6 Å². The summed E-state index contributed by atoms with van der Waals surface area (Å²) in [6.07, 6.45) is 6.13. The first-order chi connectivity index (χ1) is 30.1. The van der Waals surface area contributed by atoms with Crippen molar-refractivity contribution in [1.82, 2.24) is 0 Å². The Bertz CT molecular complexity index is 3190. The van der Waals surface area contributed by atoms with Gasteiger partial charge >= 0.3 is 0 Å². The van der Waals surface area contributed by atoms with Crippen LogP contribution in [0.3, 0.4) is 0 Å². The molecule has 0 N–H and O–H groups in total. The molecule has 0 aliphatic heterocycles. The lowest BCUT2D eigenvalue weighted by molar-refractivity contribution is 1.28. The minimum Gasteiger partial charge on any atom is -0.310 e. The first kappa shape index (κ1) is 37.7. The van der Waals surface area contributed by atoms with Crippen molar-refractivity contribution in [3.05, 3.63) is 236 Å². The highest BCUT2D eigenvalue weighted by Crippen LogP contribution is 2.43. The third kappa shape index (κ3) is 7.51. The number of nitrogens with zero attached hydrogens (tertiary/aromatic N) is 1. The Labute approximate surface area is 362 Å². The molecule has 0 radical (unpaired) electrons. The Morgan fingerprint density at radius 3 is 1.59 bits per heavy atom. The van der Waals surface area contributed by atoms with Crippen molar-refractivity contribution in [1.29, 1.82) is 0 Å². The zero-order valence-corrected chi connectivity index (χ0v) is 34.8.